The molecule has 0 aliphatic carbocycles. The van der Waals surface area contributed by atoms with Gasteiger partial charge in [-0.1, -0.05) is 39.0 Å². The molecule has 0 bridgehead atoms. The van der Waals surface area contributed by atoms with E-state index in [0.29, 0.717) is 0 Å². The van der Waals surface area contributed by atoms with Gasteiger partial charge in [-0.25, -0.2) is 0 Å². The zero-order chi connectivity index (χ0) is 13.5. The molecule has 0 aliphatic heterocycles. The van der Waals surface area contributed by atoms with Gasteiger partial charge in [-0.2, -0.15) is 0 Å². The van der Waals surface area contributed by atoms with Crippen LogP contribution in [0.1, 0.15) is 43.0 Å². The summed E-state index contributed by atoms with van der Waals surface area (Å²) in [6.07, 6.45) is 6.52. The minimum Gasteiger partial charge on any atom is -0.294 e. The van der Waals surface area contributed by atoms with Gasteiger partial charge in [0, 0.05) is 0 Å². The number of allylic oxidation sites excluding steroid dienone is 1. The summed E-state index contributed by atoms with van der Waals surface area (Å²) in [4.78, 5) is 11.3. The van der Waals surface area contributed by atoms with Gasteiger partial charge < -0.3 is 0 Å². The first-order valence-electron chi connectivity index (χ1n) is 6.57. The second-order valence-electron chi connectivity index (χ2n) is 4.32. The van der Waals surface area contributed by atoms with Crippen molar-refractivity contribution in [1.29, 1.82) is 0 Å². The number of aryl methyl sites for hydroxylation is 3. The standard InChI is InChI=1S/C16H21ClO/c1-4-12-9-13(5-2)16(14(6-3)10-12)8-7-15(18)11-17/h7-10H,4-6,11H2,1-3H3/b8-7+. The molecule has 0 fully saturated rings. The number of halogens is 1. The van der Waals surface area contributed by atoms with Crippen molar-refractivity contribution in [3.63, 3.8) is 0 Å². The summed E-state index contributed by atoms with van der Waals surface area (Å²) in [6, 6.07) is 4.48. The summed E-state index contributed by atoms with van der Waals surface area (Å²) in [5.41, 5.74) is 5.18. The van der Waals surface area contributed by atoms with Crippen molar-refractivity contribution < 1.29 is 4.79 Å². The van der Waals surface area contributed by atoms with Gasteiger partial charge in [0.05, 0.1) is 5.88 Å². The quantitative estimate of drug-likeness (QED) is 0.556. The Kier molecular flexibility index (Phi) is 6.14. The molecule has 98 valence electrons. The highest BCUT2D eigenvalue weighted by Gasteiger charge is 2.06. The number of benzene rings is 1. The van der Waals surface area contributed by atoms with Gasteiger partial charge in [0.2, 0.25) is 0 Å². The maximum atomic E-state index is 11.3. The lowest BCUT2D eigenvalue weighted by Crippen LogP contribution is -1.98. The maximum Gasteiger partial charge on any atom is 0.170 e. The zero-order valence-corrected chi connectivity index (χ0v) is 12.2. The molecule has 0 aromatic heterocycles. The van der Waals surface area contributed by atoms with Crippen molar-refractivity contribution in [3.05, 3.63) is 40.5 Å². The fourth-order valence-corrected chi connectivity index (χ4v) is 2.16. The van der Waals surface area contributed by atoms with Crippen LogP contribution in [0.4, 0.5) is 0 Å². The summed E-state index contributed by atoms with van der Waals surface area (Å²) in [7, 11) is 0. The molecule has 1 rings (SSSR count). The highest BCUT2D eigenvalue weighted by molar-refractivity contribution is 6.29. The lowest BCUT2D eigenvalue weighted by atomic mass is 9.93. The third kappa shape index (κ3) is 3.71. The van der Waals surface area contributed by atoms with E-state index < -0.39 is 0 Å². The van der Waals surface area contributed by atoms with E-state index in [1.807, 2.05) is 6.08 Å². The second kappa shape index (κ2) is 7.38. The van der Waals surface area contributed by atoms with Crippen molar-refractivity contribution in [2.75, 3.05) is 5.88 Å². The van der Waals surface area contributed by atoms with E-state index in [1.54, 1.807) is 6.08 Å². The summed E-state index contributed by atoms with van der Waals surface area (Å²) in [5.74, 6) is 0.00672. The van der Waals surface area contributed by atoms with Gasteiger partial charge in [0.1, 0.15) is 0 Å². The van der Waals surface area contributed by atoms with Crippen molar-refractivity contribution in [2.24, 2.45) is 0 Å². The lowest BCUT2D eigenvalue weighted by Gasteiger charge is -2.12. The van der Waals surface area contributed by atoms with E-state index in [1.165, 1.54) is 22.3 Å². The number of carbonyl (C=O) groups is 1. The molecule has 0 spiro atoms. The highest BCUT2D eigenvalue weighted by Crippen LogP contribution is 2.21. The van der Waals surface area contributed by atoms with Crippen molar-refractivity contribution in [2.45, 2.75) is 40.0 Å². The van der Waals surface area contributed by atoms with Crippen LogP contribution in [-0.4, -0.2) is 11.7 Å². The SMILES string of the molecule is CCc1cc(CC)c(/C=C/C(=O)CCl)c(CC)c1. The molecule has 0 amide bonds. The Morgan fingerprint density at radius 1 is 1.11 bits per heavy atom. The average molecular weight is 265 g/mol. The summed E-state index contributed by atoms with van der Waals surface area (Å²) < 4.78 is 0. The fraction of sp³-hybridized carbons (Fsp3) is 0.438. The van der Waals surface area contributed by atoms with Gasteiger partial charge in [-0.3, -0.25) is 4.79 Å². The van der Waals surface area contributed by atoms with Crippen molar-refractivity contribution in [1.82, 2.24) is 0 Å². The summed E-state index contributed by atoms with van der Waals surface area (Å²) >= 11 is 5.51. The topological polar surface area (TPSA) is 17.1 Å². The predicted octanol–water partition coefficient (Wildman–Crippen LogP) is 4.19. The molecule has 1 aromatic carbocycles. The first-order chi connectivity index (χ1) is 8.65. The van der Waals surface area contributed by atoms with Crippen LogP contribution in [0.5, 0.6) is 0 Å². The number of alkyl halides is 1. The minimum absolute atomic E-state index is 0.0414. The Labute approximate surface area is 115 Å². The molecule has 0 aliphatic rings. The number of hydrogen-bond donors (Lipinski definition) is 0. The normalized spacial score (nSPS) is 11.1. The van der Waals surface area contributed by atoms with E-state index >= 15 is 0 Å². The molecule has 0 heterocycles. The molecule has 0 unspecified atom stereocenters. The molecule has 0 radical (unpaired) electrons. The first kappa shape index (κ1) is 15.0. The Morgan fingerprint density at radius 2 is 1.67 bits per heavy atom. The van der Waals surface area contributed by atoms with Gasteiger partial charge in [0.25, 0.3) is 0 Å². The molecule has 2 heteroatoms. The van der Waals surface area contributed by atoms with E-state index in [9.17, 15) is 4.79 Å². The largest absolute Gasteiger partial charge is 0.294 e. The van der Waals surface area contributed by atoms with Crippen LogP contribution < -0.4 is 0 Å². The average Bonchev–Trinajstić information content (AvgIpc) is 2.43. The molecule has 0 N–H and O–H groups in total. The second-order valence-corrected chi connectivity index (χ2v) is 4.59. The molecule has 18 heavy (non-hydrogen) atoms. The number of ketones is 1. The van der Waals surface area contributed by atoms with Crippen LogP contribution in [0.3, 0.4) is 0 Å². The first-order valence-corrected chi connectivity index (χ1v) is 7.11. The molecule has 1 aromatic rings. The molecular formula is C16H21ClO. The number of hydrogen-bond acceptors (Lipinski definition) is 1. The third-order valence-electron chi connectivity index (χ3n) is 3.15. The van der Waals surface area contributed by atoms with Crippen molar-refractivity contribution in [3.8, 4) is 0 Å². The van der Waals surface area contributed by atoms with Crippen LogP contribution in [-0.2, 0) is 24.1 Å². The Hall–Kier alpha value is -1.08. The minimum atomic E-state index is -0.0414. The van der Waals surface area contributed by atoms with Gasteiger partial charge >= 0.3 is 0 Å². The predicted molar refractivity (Wildman–Crippen MR) is 79.3 cm³/mol. The summed E-state index contributed by atoms with van der Waals surface area (Å²) in [5, 5.41) is 0. The van der Waals surface area contributed by atoms with Gasteiger partial charge in [-0.05, 0) is 47.6 Å². The van der Waals surface area contributed by atoms with Crippen LogP contribution >= 0.6 is 11.6 Å². The lowest BCUT2D eigenvalue weighted by molar-refractivity contribution is -0.112. The molecule has 0 saturated carbocycles. The molecular weight excluding hydrogens is 244 g/mol. The summed E-state index contributed by atoms with van der Waals surface area (Å²) in [6.45, 7) is 6.46. The van der Waals surface area contributed by atoms with E-state index in [4.69, 9.17) is 11.6 Å². The van der Waals surface area contributed by atoms with Crippen molar-refractivity contribution >= 4 is 23.5 Å². The molecule has 0 atom stereocenters. The van der Waals surface area contributed by atoms with E-state index in [-0.39, 0.29) is 11.7 Å². The smallest absolute Gasteiger partial charge is 0.170 e. The molecule has 1 nitrogen and oxygen atoms in total. The fourth-order valence-electron chi connectivity index (χ4n) is 2.08. The van der Waals surface area contributed by atoms with Crippen LogP contribution in [0.25, 0.3) is 6.08 Å². The highest BCUT2D eigenvalue weighted by atomic mass is 35.5. The van der Waals surface area contributed by atoms with Crippen LogP contribution in [0.15, 0.2) is 18.2 Å². The number of carbonyl (C=O) groups excluding carboxylic acids is 1. The maximum absolute atomic E-state index is 11.3. The van der Waals surface area contributed by atoms with Gasteiger partial charge in [-0.15, -0.1) is 11.6 Å². The molecule has 0 saturated heterocycles. The monoisotopic (exact) mass is 264 g/mol. The zero-order valence-electron chi connectivity index (χ0n) is 11.4. The van der Waals surface area contributed by atoms with E-state index in [2.05, 4.69) is 32.9 Å². The van der Waals surface area contributed by atoms with Crippen LogP contribution in [0.2, 0.25) is 0 Å². The third-order valence-corrected chi connectivity index (χ3v) is 3.41. The number of rotatable bonds is 6. The van der Waals surface area contributed by atoms with Gasteiger partial charge in [0.15, 0.2) is 5.78 Å². The Morgan fingerprint density at radius 3 is 2.06 bits per heavy atom. The van der Waals surface area contributed by atoms with E-state index in [0.717, 1.165) is 19.3 Å². The van der Waals surface area contributed by atoms with Crippen LogP contribution in [0, 0.1) is 0 Å². The Bertz CT molecular complexity index is 421. The Balaban J connectivity index is 3.22.